The van der Waals surface area contributed by atoms with Crippen LogP contribution in [0.3, 0.4) is 0 Å². The highest BCUT2D eigenvalue weighted by Gasteiger charge is 2.46. The standard InChI is InChI=1S/C19H31NO/c1-13-9-16(21-7)14(2)8-15(13)19(20)11-17(3,4)10-18(5,6)12-19/h8-9H,10-12,20H2,1-7H3. The van der Waals surface area contributed by atoms with Crippen LogP contribution >= 0.6 is 0 Å². The SMILES string of the molecule is COc1cc(C)c(C2(N)CC(C)(C)CC(C)(C)C2)cc1C. The van der Waals surface area contributed by atoms with Gasteiger partial charge in [0.25, 0.3) is 0 Å². The first kappa shape index (κ1) is 16.4. The van der Waals surface area contributed by atoms with E-state index in [9.17, 15) is 0 Å². The van der Waals surface area contributed by atoms with E-state index in [1.54, 1.807) is 7.11 Å². The second-order valence-electron chi connectivity index (χ2n) is 8.65. The van der Waals surface area contributed by atoms with Gasteiger partial charge in [0.15, 0.2) is 0 Å². The van der Waals surface area contributed by atoms with Crippen molar-refractivity contribution in [2.75, 3.05) is 7.11 Å². The van der Waals surface area contributed by atoms with Crippen molar-refractivity contribution in [2.45, 2.75) is 66.3 Å². The summed E-state index contributed by atoms with van der Waals surface area (Å²) in [4.78, 5) is 0. The molecule has 0 aliphatic heterocycles. The summed E-state index contributed by atoms with van der Waals surface area (Å²) in [6.07, 6.45) is 3.30. The van der Waals surface area contributed by atoms with Gasteiger partial charge in [-0.05, 0) is 66.7 Å². The molecule has 0 unspecified atom stereocenters. The van der Waals surface area contributed by atoms with Crippen LogP contribution in [0.4, 0.5) is 0 Å². The topological polar surface area (TPSA) is 35.2 Å². The summed E-state index contributed by atoms with van der Waals surface area (Å²) >= 11 is 0. The zero-order chi connectivity index (χ0) is 16.1. The van der Waals surface area contributed by atoms with Crippen LogP contribution in [0.1, 0.15) is 63.6 Å². The zero-order valence-electron chi connectivity index (χ0n) is 14.8. The van der Waals surface area contributed by atoms with Crippen molar-refractivity contribution in [1.29, 1.82) is 0 Å². The monoisotopic (exact) mass is 289 g/mol. The van der Waals surface area contributed by atoms with Crippen LogP contribution in [0, 0.1) is 24.7 Å². The maximum Gasteiger partial charge on any atom is 0.122 e. The molecular formula is C19H31NO. The highest BCUT2D eigenvalue weighted by molar-refractivity contribution is 5.45. The van der Waals surface area contributed by atoms with E-state index in [4.69, 9.17) is 10.5 Å². The summed E-state index contributed by atoms with van der Waals surface area (Å²) in [5, 5.41) is 0. The third kappa shape index (κ3) is 3.26. The third-order valence-electron chi connectivity index (χ3n) is 4.82. The molecule has 0 bridgehead atoms. The molecule has 2 N–H and O–H groups in total. The van der Waals surface area contributed by atoms with Crippen molar-refractivity contribution in [3.63, 3.8) is 0 Å². The fraction of sp³-hybridized carbons (Fsp3) is 0.684. The molecule has 0 saturated heterocycles. The van der Waals surface area contributed by atoms with Crippen molar-refractivity contribution >= 4 is 0 Å². The van der Waals surface area contributed by atoms with Gasteiger partial charge in [0.2, 0.25) is 0 Å². The Labute approximate surface area is 130 Å². The average Bonchev–Trinajstić information content (AvgIpc) is 2.26. The van der Waals surface area contributed by atoms with Gasteiger partial charge in [-0.2, -0.15) is 0 Å². The first-order chi connectivity index (χ1) is 9.48. The summed E-state index contributed by atoms with van der Waals surface area (Å²) in [6.45, 7) is 13.6. The van der Waals surface area contributed by atoms with Crippen molar-refractivity contribution < 1.29 is 4.74 Å². The predicted octanol–water partition coefficient (Wildman–Crippen LogP) is 4.70. The maximum atomic E-state index is 6.95. The second-order valence-corrected chi connectivity index (χ2v) is 8.65. The van der Waals surface area contributed by atoms with Crippen LogP contribution in [0.25, 0.3) is 0 Å². The molecule has 1 fully saturated rings. The molecule has 1 aliphatic carbocycles. The molecule has 2 nitrogen and oxygen atoms in total. The molecule has 2 rings (SSSR count). The Kier molecular flexibility index (Phi) is 3.90. The number of ether oxygens (including phenoxy) is 1. The highest BCUT2D eigenvalue weighted by Crippen LogP contribution is 2.53. The Balaban J connectivity index is 2.51. The normalized spacial score (nSPS) is 22.9. The van der Waals surface area contributed by atoms with E-state index in [-0.39, 0.29) is 16.4 Å². The minimum atomic E-state index is -0.244. The van der Waals surface area contributed by atoms with Gasteiger partial charge >= 0.3 is 0 Å². The lowest BCUT2D eigenvalue weighted by atomic mass is 9.56. The number of methoxy groups -OCH3 is 1. The fourth-order valence-electron chi connectivity index (χ4n) is 4.93. The first-order valence-electron chi connectivity index (χ1n) is 7.93. The van der Waals surface area contributed by atoms with Gasteiger partial charge in [-0.25, -0.2) is 0 Å². The summed E-state index contributed by atoms with van der Waals surface area (Å²) in [5.41, 5.74) is 11.0. The molecule has 118 valence electrons. The molecule has 1 aliphatic rings. The van der Waals surface area contributed by atoms with Crippen LogP contribution in [-0.4, -0.2) is 7.11 Å². The Morgan fingerprint density at radius 1 is 0.905 bits per heavy atom. The number of benzene rings is 1. The molecule has 0 radical (unpaired) electrons. The van der Waals surface area contributed by atoms with E-state index in [0.717, 1.165) is 18.6 Å². The molecule has 1 aromatic carbocycles. The zero-order valence-corrected chi connectivity index (χ0v) is 14.8. The van der Waals surface area contributed by atoms with E-state index in [1.165, 1.54) is 23.1 Å². The number of hydrogen-bond acceptors (Lipinski definition) is 2. The second kappa shape index (κ2) is 5.01. The van der Waals surface area contributed by atoms with Crippen LogP contribution in [0.5, 0.6) is 5.75 Å². The lowest BCUT2D eigenvalue weighted by Gasteiger charge is -2.51. The number of nitrogens with two attached hydrogens (primary N) is 1. The lowest BCUT2D eigenvalue weighted by molar-refractivity contribution is 0.0467. The van der Waals surface area contributed by atoms with E-state index in [1.807, 2.05) is 0 Å². The minimum absolute atomic E-state index is 0.244. The van der Waals surface area contributed by atoms with Gasteiger partial charge in [-0.15, -0.1) is 0 Å². The largest absolute Gasteiger partial charge is 0.496 e. The minimum Gasteiger partial charge on any atom is -0.496 e. The smallest absolute Gasteiger partial charge is 0.122 e. The van der Waals surface area contributed by atoms with Crippen molar-refractivity contribution in [1.82, 2.24) is 0 Å². The van der Waals surface area contributed by atoms with Crippen LogP contribution < -0.4 is 10.5 Å². The molecule has 0 amide bonds. The summed E-state index contributed by atoms with van der Waals surface area (Å²) in [5.74, 6) is 0.953. The molecule has 0 heterocycles. The number of rotatable bonds is 2. The quantitative estimate of drug-likeness (QED) is 0.856. The molecule has 0 aromatic heterocycles. The lowest BCUT2D eigenvalue weighted by Crippen LogP contribution is -2.50. The predicted molar refractivity (Wildman–Crippen MR) is 89.7 cm³/mol. The maximum absolute atomic E-state index is 6.95. The molecule has 0 atom stereocenters. The van der Waals surface area contributed by atoms with E-state index in [0.29, 0.717) is 0 Å². The van der Waals surface area contributed by atoms with Crippen molar-refractivity contribution in [2.24, 2.45) is 16.6 Å². The molecule has 21 heavy (non-hydrogen) atoms. The molecule has 1 saturated carbocycles. The van der Waals surface area contributed by atoms with Gasteiger partial charge in [0, 0.05) is 5.54 Å². The van der Waals surface area contributed by atoms with Crippen LogP contribution in [0.15, 0.2) is 12.1 Å². The van der Waals surface area contributed by atoms with Gasteiger partial charge in [-0.3, -0.25) is 0 Å². The van der Waals surface area contributed by atoms with Crippen LogP contribution in [-0.2, 0) is 5.54 Å². The van der Waals surface area contributed by atoms with Gasteiger partial charge in [0.05, 0.1) is 7.11 Å². The number of aryl methyl sites for hydroxylation is 2. The summed E-state index contributed by atoms with van der Waals surface area (Å²) in [7, 11) is 1.73. The third-order valence-corrected chi connectivity index (χ3v) is 4.82. The van der Waals surface area contributed by atoms with Crippen molar-refractivity contribution in [3.8, 4) is 5.75 Å². The van der Waals surface area contributed by atoms with Gasteiger partial charge < -0.3 is 10.5 Å². The Bertz CT molecular complexity index is 527. The van der Waals surface area contributed by atoms with Gasteiger partial charge in [-0.1, -0.05) is 33.8 Å². The Morgan fingerprint density at radius 2 is 1.43 bits per heavy atom. The first-order valence-corrected chi connectivity index (χ1v) is 7.93. The summed E-state index contributed by atoms with van der Waals surface area (Å²) < 4.78 is 5.44. The van der Waals surface area contributed by atoms with E-state index >= 15 is 0 Å². The van der Waals surface area contributed by atoms with Gasteiger partial charge in [0.1, 0.15) is 5.75 Å². The summed E-state index contributed by atoms with van der Waals surface area (Å²) in [6, 6.07) is 4.37. The molecule has 0 spiro atoms. The fourth-order valence-corrected chi connectivity index (χ4v) is 4.93. The van der Waals surface area contributed by atoms with E-state index in [2.05, 4.69) is 53.7 Å². The molecular weight excluding hydrogens is 258 g/mol. The Morgan fingerprint density at radius 3 is 1.90 bits per heavy atom. The van der Waals surface area contributed by atoms with Crippen molar-refractivity contribution in [3.05, 3.63) is 28.8 Å². The average molecular weight is 289 g/mol. The van der Waals surface area contributed by atoms with Crippen LogP contribution in [0.2, 0.25) is 0 Å². The molecule has 1 aromatic rings. The van der Waals surface area contributed by atoms with E-state index < -0.39 is 0 Å². The number of hydrogen-bond donors (Lipinski definition) is 1. The highest BCUT2D eigenvalue weighted by atomic mass is 16.5. The molecule has 2 heteroatoms. The Hall–Kier alpha value is -1.02.